The van der Waals surface area contributed by atoms with Crippen molar-refractivity contribution in [3.63, 3.8) is 0 Å². The van der Waals surface area contributed by atoms with Gasteiger partial charge < -0.3 is 15.0 Å². The predicted molar refractivity (Wildman–Crippen MR) is 87.8 cm³/mol. The van der Waals surface area contributed by atoms with Crippen LogP contribution in [-0.2, 0) is 14.3 Å². The first-order valence-corrected chi connectivity index (χ1v) is 8.18. The van der Waals surface area contributed by atoms with E-state index in [2.05, 4.69) is 5.32 Å². The van der Waals surface area contributed by atoms with Gasteiger partial charge in [0.1, 0.15) is 18.5 Å². The summed E-state index contributed by atoms with van der Waals surface area (Å²) in [5.74, 6) is -1.29. The van der Waals surface area contributed by atoms with Gasteiger partial charge in [0, 0.05) is 19.7 Å². The lowest BCUT2D eigenvalue weighted by Gasteiger charge is -2.32. The van der Waals surface area contributed by atoms with Gasteiger partial charge in [0.2, 0.25) is 5.91 Å². The van der Waals surface area contributed by atoms with E-state index >= 15 is 0 Å². The number of benzene rings is 1. The summed E-state index contributed by atoms with van der Waals surface area (Å²) in [7, 11) is 1.42. The summed E-state index contributed by atoms with van der Waals surface area (Å²) in [6.45, 7) is 0.288. The third kappa shape index (κ3) is 3.32. The fraction of sp³-hybridized carbons (Fsp3) is 0.438. The zero-order valence-electron chi connectivity index (χ0n) is 13.5. The maximum absolute atomic E-state index is 13.3. The molecule has 4 amide bonds. The lowest BCUT2D eigenvalue weighted by molar-refractivity contribution is -0.127. The highest BCUT2D eigenvalue weighted by molar-refractivity contribution is 6.31. The Kier molecular flexibility index (Phi) is 4.91. The van der Waals surface area contributed by atoms with Crippen LogP contribution in [0.2, 0.25) is 5.02 Å². The largest absolute Gasteiger partial charge is 0.375 e. The van der Waals surface area contributed by atoms with Crippen LogP contribution < -0.4 is 10.2 Å². The molecule has 25 heavy (non-hydrogen) atoms. The molecule has 2 aliphatic rings. The van der Waals surface area contributed by atoms with Gasteiger partial charge in [-0.3, -0.25) is 9.59 Å². The summed E-state index contributed by atoms with van der Waals surface area (Å²) in [4.78, 5) is 39.4. The maximum Gasteiger partial charge on any atom is 0.332 e. The molecule has 0 bridgehead atoms. The lowest BCUT2D eigenvalue weighted by atomic mass is 9.98. The Bertz CT molecular complexity index is 729. The number of urea groups is 1. The number of nitrogens with zero attached hydrogens (tertiary/aromatic N) is 2. The molecule has 0 radical (unpaired) electrons. The highest BCUT2D eigenvalue weighted by atomic mass is 35.5. The number of hydrogen-bond donors (Lipinski definition) is 1. The van der Waals surface area contributed by atoms with Crippen LogP contribution in [0.15, 0.2) is 18.2 Å². The summed E-state index contributed by atoms with van der Waals surface area (Å²) in [5, 5.41) is 2.64. The topological polar surface area (TPSA) is 79.0 Å². The number of methoxy groups -OCH3 is 1. The molecule has 1 aromatic carbocycles. The number of hydrogen-bond acceptors (Lipinski definition) is 4. The standard InChI is InChI=1S/C16H17ClFN3O4/c1-25-8-14(22)19-9-4-5-20-13(6-9)15(23)21(16(20)24)10-2-3-12(18)11(17)7-10/h2-3,7,9,13H,4-6,8H2,1H3,(H,19,22). The minimum atomic E-state index is -0.655. The number of nitrogens with one attached hydrogen (secondary N) is 1. The number of amides is 4. The molecule has 134 valence electrons. The molecule has 7 nitrogen and oxygen atoms in total. The Morgan fingerprint density at radius 2 is 2.20 bits per heavy atom. The molecule has 0 aliphatic carbocycles. The molecule has 1 aromatic rings. The fourth-order valence-electron chi connectivity index (χ4n) is 3.19. The SMILES string of the molecule is COCC(=O)NC1CCN2C(=O)N(c3ccc(F)c(Cl)c3)C(=O)C2C1. The van der Waals surface area contributed by atoms with E-state index in [1.165, 1.54) is 24.1 Å². The number of piperidine rings is 1. The van der Waals surface area contributed by atoms with Crippen molar-refractivity contribution in [2.45, 2.75) is 24.9 Å². The molecule has 9 heteroatoms. The molecule has 0 aromatic heterocycles. The van der Waals surface area contributed by atoms with Crippen LogP contribution in [0.3, 0.4) is 0 Å². The third-order valence-corrected chi connectivity index (χ3v) is 4.64. The molecule has 3 rings (SSSR count). The Morgan fingerprint density at radius 1 is 1.44 bits per heavy atom. The van der Waals surface area contributed by atoms with Crippen molar-refractivity contribution in [2.75, 3.05) is 25.2 Å². The van der Waals surface area contributed by atoms with E-state index in [4.69, 9.17) is 16.3 Å². The molecule has 2 atom stereocenters. The Hall–Kier alpha value is -2.19. The van der Waals surface area contributed by atoms with Crippen LogP contribution in [0.1, 0.15) is 12.8 Å². The summed E-state index contributed by atoms with van der Waals surface area (Å²) in [5.41, 5.74) is 0.232. The number of halogens is 2. The third-order valence-electron chi connectivity index (χ3n) is 4.35. The molecular weight excluding hydrogens is 353 g/mol. The van der Waals surface area contributed by atoms with Gasteiger partial charge in [0.05, 0.1) is 10.7 Å². The Balaban J connectivity index is 1.76. The molecule has 2 unspecified atom stereocenters. The van der Waals surface area contributed by atoms with Crippen molar-refractivity contribution in [3.05, 3.63) is 29.0 Å². The minimum absolute atomic E-state index is 0.0576. The number of carbonyl (C=O) groups excluding carboxylic acids is 3. The van der Waals surface area contributed by atoms with Crippen LogP contribution >= 0.6 is 11.6 Å². The number of anilines is 1. The van der Waals surface area contributed by atoms with Crippen molar-refractivity contribution in [1.29, 1.82) is 0 Å². The first-order chi connectivity index (χ1) is 11.9. The zero-order valence-corrected chi connectivity index (χ0v) is 14.3. The van der Waals surface area contributed by atoms with Crippen LogP contribution in [0, 0.1) is 5.82 Å². The van der Waals surface area contributed by atoms with E-state index in [1.54, 1.807) is 0 Å². The number of carbonyl (C=O) groups is 3. The van der Waals surface area contributed by atoms with Crippen LogP contribution in [0.5, 0.6) is 0 Å². The molecule has 0 saturated carbocycles. The first kappa shape index (κ1) is 17.6. The van der Waals surface area contributed by atoms with E-state index in [-0.39, 0.29) is 29.3 Å². The second-order valence-corrected chi connectivity index (χ2v) is 6.39. The van der Waals surface area contributed by atoms with E-state index in [0.717, 1.165) is 11.0 Å². The smallest absolute Gasteiger partial charge is 0.332 e. The van der Waals surface area contributed by atoms with Crippen LogP contribution in [0.25, 0.3) is 0 Å². The maximum atomic E-state index is 13.3. The van der Waals surface area contributed by atoms with E-state index in [0.29, 0.717) is 19.4 Å². The molecule has 2 fully saturated rings. The number of imide groups is 1. The van der Waals surface area contributed by atoms with Crippen LogP contribution in [-0.4, -0.2) is 55.1 Å². The highest BCUT2D eigenvalue weighted by Gasteiger charge is 2.48. The minimum Gasteiger partial charge on any atom is -0.375 e. The lowest BCUT2D eigenvalue weighted by Crippen LogP contribution is -2.50. The predicted octanol–water partition coefficient (Wildman–Crippen LogP) is 1.54. The van der Waals surface area contributed by atoms with Gasteiger partial charge in [-0.2, -0.15) is 0 Å². The monoisotopic (exact) mass is 369 g/mol. The van der Waals surface area contributed by atoms with Gasteiger partial charge in [-0.15, -0.1) is 0 Å². The zero-order chi connectivity index (χ0) is 18.1. The number of ether oxygens (including phenoxy) is 1. The summed E-state index contributed by atoms with van der Waals surface area (Å²) in [6.07, 6.45) is 0.869. The molecule has 2 heterocycles. The molecule has 2 saturated heterocycles. The average Bonchev–Trinajstić information content (AvgIpc) is 2.81. The van der Waals surface area contributed by atoms with E-state index in [1.807, 2.05) is 0 Å². The van der Waals surface area contributed by atoms with Crippen molar-refractivity contribution in [3.8, 4) is 0 Å². The van der Waals surface area contributed by atoms with Gasteiger partial charge in [0.25, 0.3) is 5.91 Å². The first-order valence-electron chi connectivity index (χ1n) is 7.80. The summed E-state index contributed by atoms with van der Waals surface area (Å²) in [6, 6.07) is 2.38. The van der Waals surface area contributed by atoms with Gasteiger partial charge in [-0.1, -0.05) is 11.6 Å². The van der Waals surface area contributed by atoms with Gasteiger partial charge in [-0.25, -0.2) is 14.1 Å². The van der Waals surface area contributed by atoms with E-state index < -0.39 is 23.8 Å². The van der Waals surface area contributed by atoms with Crippen molar-refractivity contribution in [2.24, 2.45) is 0 Å². The normalized spacial score (nSPS) is 23.0. The molecular formula is C16H17ClFN3O4. The number of rotatable bonds is 4. The van der Waals surface area contributed by atoms with Crippen molar-refractivity contribution < 1.29 is 23.5 Å². The Morgan fingerprint density at radius 3 is 2.88 bits per heavy atom. The van der Waals surface area contributed by atoms with Crippen molar-refractivity contribution in [1.82, 2.24) is 10.2 Å². The fourth-order valence-corrected chi connectivity index (χ4v) is 3.37. The van der Waals surface area contributed by atoms with Gasteiger partial charge in [0.15, 0.2) is 0 Å². The van der Waals surface area contributed by atoms with Gasteiger partial charge >= 0.3 is 6.03 Å². The molecule has 0 spiro atoms. The highest BCUT2D eigenvalue weighted by Crippen LogP contribution is 2.32. The number of fused-ring (bicyclic) bond motifs is 1. The van der Waals surface area contributed by atoms with Crippen molar-refractivity contribution >= 4 is 35.1 Å². The van der Waals surface area contributed by atoms with E-state index in [9.17, 15) is 18.8 Å². The second kappa shape index (κ2) is 6.97. The average molecular weight is 370 g/mol. The summed E-state index contributed by atoms with van der Waals surface area (Å²) >= 11 is 5.75. The van der Waals surface area contributed by atoms with Gasteiger partial charge in [-0.05, 0) is 31.0 Å². The molecule has 1 N–H and O–H groups in total. The second-order valence-electron chi connectivity index (χ2n) is 5.99. The van der Waals surface area contributed by atoms with Crippen LogP contribution in [0.4, 0.5) is 14.9 Å². The quantitative estimate of drug-likeness (QED) is 0.816. The Labute approximate surface area is 148 Å². The summed E-state index contributed by atoms with van der Waals surface area (Å²) < 4.78 is 18.1. The molecule has 2 aliphatic heterocycles.